The number of carbonyl (C=O) groups is 3. The first-order valence-electron chi connectivity index (χ1n) is 7.87. The molecule has 1 aromatic carbocycles. The van der Waals surface area contributed by atoms with Crippen LogP contribution in [-0.2, 0) is 14.4 Å². The van der Waals surface area contributed by atoms with Crippen LogP contribution in [0.25, 0.3) is 0 Å². The van der Waals surface area contributed by atoms with Crippen molar-refractivity contribution in [3.05, 3.63) is 41.1 Å². The normalized spacial score (nSPS) is 25.4. The maximum absolute atomic E-state index is 12.7. The fourth-order valence-corrected chi connectivity index (χ4v) is 3.52. The van der Waals surface area contributed by atoms with Crippen molar-refractivity contribution in [3.63, 3.8) is 0 Å². The molecule has 24 heavy (non-hydrogen) atoms. The van der Waals surface area contributed by atoms with Crippen LogP contribution in [0.3, 0.4) is 0 Å². The van der Waals surface area contributed by atoms with Gasteiger partial charge < -0.3 is 10.6 Å². The number of ketones is 1. The summed E-state index contributed by atoms with van der Waals surface area (Å²) in [5.41, 5.74) is 0.832. The SMILES string of the molecule is CC1(C)C=C2NC(=O)C[C@@H](C(=O)Nc3ccc(Cl)cc3)[C@H]2C(=O)C1. The van der Waals surface area contributed by atoms with Crippen LogP contribution in [-0.4, -0.2) is 17.6 Å². The van der Waals surface area contributed by atoms with Crippen LogP contribution in [0.4, 0.5) is 5.69 Å². The minimum atomic E-state index is -0.690. The minimum absolute atomic E-state index is 0.00578. The van der Waals surface area contributed by atoms with Crippen LogP contribution in [0, 0.1) is 17.3 Å². The van der Waals surface area contributed by atoms with Gasteiger partial charge in [-0.3, -0.25) is 14.4 Å². The molecule has 2 amide bonds. The third kappa shape index (κ3) is 3.36. The Morgan fingerprint density at radius 3 is 2.58 bits per heavy atom. The Balaban J connectivity index is 1.86. The van der Waals surface area contributed by atoms with Crippen LogP contribution in [0.1, 0.15) is 26.7 Å². The number of piperidine rings is 1. The van der Waals surface area contributed by atoms with Crippen LogP contribution < -0.4 is 10.6 Å². The van der Waals surface area contributed by atoms with Gasteiger partial charge in [0.05, 0.1) is 11.8 Å². The molecule has 1 heterocycles. The second-order valence-electron chi connectivity index (χ2n) is 7.06. The lowest BCUT2D eigenvalue weighted by Crippen LogP contribution is -2.49. The number of rotatable bonds is 2. The lowest BCUT2D eigenvalue weighted by atomic mass is 9.69. The number of halogens is 1. The van der Waals surface area contributed by atoms with Gasteiger partial charge in [0.1, 0.15) is 5.78 Å². The average Bonchev–Trinajstić information content (AvgIpc) is 2.46. The van der Waals surface area contributed by atoms with Crippen LogP contribution in [0.2, 0.25) is 5.02 Å². The number of anilines is 1. The van der Waals surface area contributed by atoms with Crippen molar-refractivity contribution < 1.29 is 14.4 Å². The van der Waals surface area contributed by atoms with E-state index in [2.05, 4.69) is 10.6 Å². The van der Waals surface area contributed by atoms with Gasteiger partial charge in [-0.05, 0) is 29.7 Å². The predicted molar refractivity (Wildman–Crippen MR) is 91.3 cm³/mol. The molecule has 2 aliphatic rings. The van der Waals surface area contributed by atoms with Crippen LogP contribution >= 0.6 is 11.6 Å². The molecule has 1 aliphatic carbocycles. The standard InChI is InChI=1S/C18H19ClN2O3/c1-18(2)8-13-16(14(22)9-18)12(7-15(23)21-13)17(24)20-11-5-3-10(19)4-6-11/h3-6,8,12,16H,7,9H2,1-2H3,(H,20,24)(H,21,23)/t12-,16-/m1/s1. The number of nitrogens with one attached hydrogen (secondary N) is 2. The minimum Gasteiger partial charge on any atom is -0.329 e. The molecule has 0 spiro atoms. The monoisotopic (exact) mass is 346 g/mol. The molecule has 0 saturated carbocycles. The molecule has 0 aromatic heterocycles. The van der Waals surface area contributed by atoms with Gasteiger partial charge in [0, 0.05) is 29.2 Å². The van der Waals surface area contributed by atoms with Crippen molar-refractivity contribution in [2.24, 2.45) is 17.3 Å². The lowest BCUT2D eigenvalue weighted by Gasteiger charge is -2.38. The molecule has 5 nitrogen and oxygen atoms in total. The molecule has 6 heteroatoms. The molecule has 126 valence electrons. The number of amides is 2. The fourth-order valence-electron chi connectivity index (χ4n) is 3.39. The van der Waals surface area contributed by atoms with E-state index < -0.39 is 11.8 Å². The van der Waals surface area contributed by atoms with Crippen LogP contribution in [0.15, 0.2) is 36.0 Å². The number of allylic oxidation sites excluding steroid dienone is 2. The van der Waals surface area contributed by atoms with E-state index in [0.717, 1.165) is 0 Å². The average molecular weight is 347 g/mol. The van der Waals surface area contributed by atoms with Crippen molar-refractivity contribution in [1.29, 1.82) is 0 Å². The Bertz CT molecular complexity index is 737. The molecule has 1 aliphatic heterocycles. The van der Waals surface area contributed by atoms with E-state index in [0.29, 0.717) is 22.8 Å². The zero-order valence-electron chi connectivity index (χ0n) is 13.6. The first-order valence-corrected chi connectivity index (χ1v) is 8.25. The highest BCUT2D eigenvalue weighted by Gasteiger charge is 2.45. The van der Waals surface area contributed by atoms with Gasteiger partial charge in [-0.15, -0.1) is 0 Å². The highest BCUT2D eigenvalue weighted by molar-refractivity contribution is 6.30. The van der Waals surface area contributed by atoms with Crippen molar-refractivity contribution in [2.75, 3.05) is 5.32 Å². The quantitative estimate of drug-likeness (QED) is 0.864. The largest absolute Gasteiger partial charge is 0.329 e. The molecule has 0 radical (unpaired) electrons. The third-order valence-corrected chi connectivity index (χ3v) is 4.65. The molecule has 3 rings (SSSR count). The Labute approximate surface area is 145 Å². The Hall–Kier alpha value is -2.14. The van der Waals surface area contributed by atoms with Gasteiger partial charge in [-0.25, -0.2) is 0 Å². The molecular weight excluding hydrogens is 328 g/mol. The van der Waals surface area contributed by atoms with Crippen molar-refractivity contribution in [2.45, 2.75) is 26.7 Å². The fraction of sp³-hybridized carbons (Fsp3) is 0.389. The second-order valence-corrected chi connectivity index (χ2v) is 7.50. The summed E-state index contributed by atoms with van der Waals surface area (Å²) < 4.78 is 0. The summed E-state index contributed by atoms with van der Waals surface area (Å²) in [6.45, 7) is 3.88. The summed E-state index contributed by atoms with van der Waals surface area (Å²) in [6, 6.07) is 6.71. The topological polar surface area (TPSA) is 75.3 Å². The third-order valence-electron chi connectivity index (χ3n) is 4.40. The summed E-state index contributed by atoms with van der Waals surface area (Å²) in [5.74, 6) is -1.84. The Morgan fingerprint density at radius 2 is 1.92 bits per heavy atom. The number of Topliss-reactive ketones (excluding diaryl/α,β-unsaturated/α-hetero) is 1. The zero-order chi connectivity index (χ0) is 17.5. The molecule has 0 bridgehead atoms. The Kier molecular flexibility index (Phi) is 4.22. The smallest absolute Gasteiger partial charge is 0.229 e. The van der Waals surface area contributed by atoms with Gasteiger partial charge in [0.15, 0.2) is 0 Å². The number of hydrogen-bond donors (Lipinski definition) is 2. The van der Waals surface area contributed by atoms with E-state index in [-0.39, 0.29) is 29.4 Å². The number of hydrogen-bond acceptors (Lipinski definition) is 3. The maximum Gasteiger partial charge on any atom is 0.229 e. The van der Waals surface area contributed by atoms with E-state index in [1.54, 1.807) is 24.3 Å². The summed E-state index contributed by atoms with van der Waals surface area (Å²) in [5, 5.41) is 6.11. The summed E-state index contributed by atoms with van der Waals surface area (Å²) in [6.07, 6.45) is 2.27. The van der Waals surface area contributed by atoms with E-state index in [9.17, 15) is 14.4 Å². The van der Waals surface area contributed by atoms with Gasteiger partial charge in [-0.1, -0.05) is 31.5 Å². The molecular formula is C18H19ClN2O3. The number of benzene rings is 1. The van der Waals surface area contributed by atoms with Gasteiger partial charge >= 0.3 is 0 Å². The first kappa shape index (κ1) is 16.7. The second kappa shape index (κ2) is 6.06. The Morgan fingerprint density at radius 1 is 1.25 bits per heavy atom. The molecule has 1 fully saturated rings. The van der Waals surface area contributed by atoms with E-state index in [4.69, 9.17) is 11.6 Å². The predicted octanol–water partition coefficient (Wildman–Crippen LogP) is 2.91. The van der Waals surface area contributed by atoms with Gasteiger partial charge in [0.25, 0.3) is 0 Å². The van der Waals surface area contributed by atoms with Crippen molar-refractivity contribution >= 4 is 34.9 Å². The van der Waals surface area contributed by atoms with E-state index >= 15 is 0 Å². The molecule has 0 unspecified atom stereocenters. The molecule has 1 aromatic rings. The van der Waals surface area contributed by atoms with Crippen LogP contribution in [0.5, 0.6) is 0 Å². The maximum atomic E-state index is 12.7. The number of fused-ring (bicyclic) bond motifs is 1. The van der Waals surface area contributed by atoms with Crippen molar-refractivity contribution in [1.82, 2.24) is 5.32 Å². The lowest BCUT2D eigenvalue weighted by molar-refractivity contribution is -0.136. The molecule has 2 atom stereocenters. The molecule has 2 N–H and O–H groups in total. The van der Waals surface area contributed by atoms with E-state index in [1.165, 1.54) is 0 Å². The van der Waals surface area contributed by atoms with E-state index in [1.807, 2.05) is 19.9 Å². The van der Waals surface area contributed by atoms with Crippen molar-refractivity contribution in [3.8, 4) is 0 Å². The molecule has 1 saturated heterocycles. The van der Waals surface area contributed by atoms with Gasteiger partial charge in [0.2, 0.25) is 11.8 Å². The number of carbonyl (C=O) groups excluding carboxylic acids is 3. The first-order chi connectivity index (χ1) is 11.2. The highest BCUT2D eigenvalue weighted by Crippen LogP contribution is 2.40. The highest BCUT2D eigenvalue weighted by atomic mass is 35.5. The van der Waals surface area contributed by atoms with Gasteiger partial charge in [-0.2, -0.15) is 0 Å². The summed E-state index contributed by atoms with van der Waals surface area (Å²) >= 11 is 5.84. The summed E-state index contributed by atoms with van der Waals surface area (Å²) in [4.78, 5) is 37.2. The zero-order valence-corrected chi connectivity index (χ0v) is 14.3. The summed E-state index contributed by atoms with van der Waals surface area (Å²) in [7, 11) is 0.